The maximum Gasteiger partial charge on any atom is 0.227 e. The monoisotopic (exact) mass is 381 g/mol. The first kappa shape index (κ1) is 17.8. The summed E-state index contributed by atoms with van der Waals surface area (Å²) in [4.78, 5) is 17.1. The molecular weight excluding hydrogens is 354 g/mol. The molecule has 1 amide bonds. The van der Waals surface area contributed by atoms with Crippen molar-refractivity contribution >= 4 is 5.91 Å². The Morgan fingerprint density at radius 3 is 2.64 bits per heavy atom. The molecule has 2 saturated heterocycles. The van der Waals surface area contributed by atoms with Crippen molar-refractivity contribution in [2.24, 2.45) is 5.92 Å². The van der Waals surface area contributed by atoms with Crippen molar-refractivity contribution < 1.29 is 9.53 Å². The maximum atomic E-state index is 13.3. The van der Waals surface area contributed by atoms with Crippen LogP contribution in [0.5, 0.6) is 0 Å². The van der Waals surface area contributed by atoms with Gasteiger partial charge in [0.05, 0.1) is 30.1 Å². The van der Waals surface area contributed by atoms with Gasteiger partial charge in [-0.2, -0.15) is 15.0 Å². The number of fused-ring (bicyclic) bond motifs is 2. The zero-order chi connectivity index (χ0) is 19.1. The molecule has 148 valence electrons. The fraction of sp³-hybridized carbons (Fsp3) is 0.571. The molecule has 5 atom stereocenters. The molecule has 7 heteroatoms. The van der Waals surface area contributed by atoms with Gasteiger partial charge in [-0.3, -0.25) is 4.79 Å². The second-order valence-corrected chi connectivity index (χ2v) is 8.28. The molecule has 1 aliphatic carbocycles. The summed E-state index contributed by atoms with van der Waals surface area (Å²) in [6, 6.07) is 9.01. The van der Waals surface area contributed by atoms with E-state index in [1.807, 2.05) is 0 Å². The Balaban J connectivity index is 1.31. The highest BCUT2D eigenvalue weighted by molar-refractivity contribution is 5.81. The third-order valence-corrected chi connectivity index (χ3v) is 6.78. The van der Waals surface area contributed by atoms with Gasteiger partial charge in [0.2, 0.25) is 5.91 Å². The second-order valence-electron chi connectivity index (χ2n) is 8.28. The van der Waals surface area contributed by atoms with Gasteiger partial charge in [-0.25, -0.2) is 0 Å². The first-order valence-corrected chi connectivity index (χ1v) is 10.3. The molecular formula is C21H27N5O2. The van der Waals surface area contributed by atoms with Gasteiger partial charge in [0.1, 0.15) is 0 Å². The quantitative estimate of drug-likeness (QED) is 0.877. The molecule has 0 spiro atoms. The molecule has 1 aromatic heterocycles. The Hall–Kier alpha value is -2.25. The van der Waals surface area contributed by atoms with Gasteiger partial charge in [-0.1, -0.05) is 12.1 Å². The Morgan fingerprint density at radius 2 is 1.89 bits per heavy atom. The van der Waals surface area contributed by atoms with Crippen LogP contribution in [0, 0.1) is 5.92 Å². The van der Waals surface area contributed by atoms with Crippen LogP contribution >= 0.6 is 0 Å². The molecule has 5 rings (SSSR count). The lowest BCUT2D eigenvalue weighted by Gasteiger charge is -2.34. The number of carbonyl (C=O) groups excluding carboxylic acids is 1. The Labute approximate surface area is 165 Å². The number of hydrogen-bond donors (Lipinski definition) is 1. The summed E-state index contributed by atoms with van der Waals surface area (Å²) in [5.74, 6) is 0.756. The Bertz CT molecular complexity index is 822. The van der Waals surface area contributed by atoms with Crippen molar-refractivity contribution in [1.82, 2.24) is 25.2 Å². The van der Waals surface area contributed by atoms with Crippen molar-refractivity contribution in [1.29, 1.82) is 0 Å². The van der Waals surface area contributed by atoms with Crippen molar-refractivity contribution in [3.63, 3.8) is 0 Å². The number of rotatable bonds is 3. The van der Waals surface area contributed by atoms with E-state index in [1.54, 1.807) is 24.3 Å². The van der Waals surface area contributed by atoms with E-state index in [0.717, 1.165) is 44.5 Å². The van der Waals surface area contributed by atoms with E-state index >= 15 is 0 Å². The average molecular weight is 381 g/mol. The number of nitrogens with zero attached hydrogens (tertiary/aromatic N) is 4. The number of aromatic nitrogens is 3. The largest absolute Gasteiger partial charge is 0.381 e. The number of benzene rings is 1. The Morgan fingerprint density at radius 1 is 1.11 bits per heavy atom. The standard InChI is InChI=1S/C21H27N5O2/c1-28-18-6-7-20-19(11-18)21(27)25-13-15(10-17(25)12-22-20)14-2-4-16(5-3-14)26-23-8-9-24-26/h2-5,8-9,15,17-20,22H,6-7,10-13H2,1H3/t15?,17-,18?,19?,20?/m0/s1. The van der Waals surface area contributed by atoms with Crippen LogP contribution in [-0.4, -0.2) is 64.2 Å². The van der Waals surface area contributed by atoms with Crippen LogP contribution in [0.1, 0.15) is 37.2 Å². The number of hydrogen-bond acceptors (Lipinski definition) is 5. The van der Waals surface area contributed by atoms with Crippen LogP contribution in [0.25, 0.3) is 5.69 Å². The average Bonchev–Trinajstić information content (AvgIpc) is 3.40. The van der Waals surface area contributed by atoms with Crippen LogP contribution < -0.4 is 5.32 Å². The number of ether oxygens (including phenoxy) is 1. The molecule has 1 aromatic carbocycles. The number of methoxy groups -OCH3 is 1. The fourth-order valence-corrected chi connectivity index (χ4v) is 5.21. The van der Waals surface area contributed by atoms with Gasteiger partial charge >= 0.3 is 0 Å². The minimum absolute atomic E-state index is 0.0516. The van der Waals surface area contributed by atoms with Gasteiger partial charge in [-0.05, 0) is 43.4 Å². The van der Waals surface area contributed by atoms with E-state index < -0.39 is 0 Å². The molecule has 3 heterocycles. The van der Waals surface area contributed by atoms with Crippen molar-refractivity contribution in [3.05, 3.63) is 42.2 Å². The van der Waals surface area contributed by atoms with Crippen LogP contribution in [0.2, 0.25) is 0 Å². The predicted molar refractivity (Wildman–Crippen MR) is 104 cm³/mol. The van der Waals surface area contributed by atoms with Crippen molar-refractivity contribution in [2.75, 3.05) is 20.2 Å². The number of nitrogens with one attached hydrogen (secondary N) is 1. The van der Waals surface area contributed by atoms with Crippen molar-refractivity contribution in [2.45, 2.75) is 49.8 Å². The first-order valence-electron chi connectivity index (χ1n) is 10.3. The number of carbonyl (C=O) groups is 1. The van der Waals surface area contributed by atoms with E-state index in [4.69, 9.17) is 4.74 Å². The van der Waals surface area contributed by atoms with Gasteiger partial charge in [0.15, 0.2) is 0 Å². The lowest BCUT2D eigenvalue weighted by Crippen LogP contribution is -2.46. The summed E-state index contributed by atoms with van der Waals surface area (Å²) < 4.78 is 5.56. The highest BCUT2D eigenvalue weighted by Crippen LogP contribution is 2.37. The zero-order valence-corrected chi connectivity index (χ0v) is 16.2. The second kappa shape index (κ2) is 7.29. The van der Waals surface area contributed by atoms with E-state index in [1.165, 1.54) is 5.56 Å². The summed E-state index contributed by atoms with van der Waals surface area (Å²) in [6.07, 6.45) is 7.50. The van der Waals surface area contributed by atoms with E-state index in [0.29, 0.717) is 17.9 Å². The molecule has 7 nitrogen and oxygen atoms in total. The molecule has 0 radical (unpaired) electrons. The van der Waals surface area contributed by atoms with Gasteiger partial charge in [0.25, 0.3) is 0 Å². The molecule has 2 aliphatic heterocycles. The molecule has 28 heavy (non-hydrogen) atoms. The highest BCUT2D eigenvalue weighted by Gasteiger charge is 2.45. The first-order chi connectivity index (χ1) is 13.7. The van der Waals surface area contributed by atoms with Crippen LogP contribution in [-0.2, 0) is 9.53 Å². The third-order valence-electron chi connectivity index (χ3n) is 6.78. The smallest absolute Gasteiger partial charge is 0.227 e. The summed E-state index contributed by atoms with van der Waals surface area (Å²) in [5, 5.41) is 12.0. The van der Waals surface area contributed by atoms with Crippen LogP contribution in [0.15, 0.2) is 36.7 Å². The molecule has 4 unspecified atom stereocenters. The lowest BCUT2D eigenvalue weighted by atomic mass is 9.82. The topological polar surface area (TPSA) is 72.3 Å². The SMILES string of the molecule is COC1CCC2NC[C@@H]3CC(c4ccc(-n5nccn5)cc4)CN3C(=O)C2C1. The van der Waals surface area contributed by atoms with Gasteiger partial charge in [0, 0.05) is 38.2 Å². The summed E-state index contributed by atoms with van der Waals surface area (Å²) >= 11 is 0. The molecule has 0 bridgehead atoms. The maximum absolute atomic E-state index is 13.3. The third kappa shape index (κ3) is 3.12. The number of amides is 1. The van der Waals surface area contributed by atoms with Gasteiger partial charge in [-0.15, -0.1) is 0 Å². The normalized spacial score (nSPS) is 32.7. The molecule has 3 aliphatic rings. The highest BCUT2D eigenvalue weighted by atomic mass is 16.5. The minimum Gasteiger partial charge on any atom is -0.381 e. The molecule has 1 saturated carbocycles. The summed E-state index contributed by atoms with van der Waals surface area (Å²) in [5.41, 5.74) is 2.24. The Kier molecular flexibility index (Phi) is 4.64. The predicted octanol–water partition coefficient (Wildman–Crippen LogP) is 1.74. The zero-order valence-electron chi connectivity index (χ0n) is 16.2. The van der Waals surface area contributed by atoms with E-state index in [9.17, 15) is 4.79 Å². The van der Waals surface area contributed by atoms with Gasteiger partial charge < -0.3 is 15.0 Å². The molecule has 1 N–H and O–H groups in total. The fourth-order valence-electron chi connectivity index (χ4n) is 5.21. The molecule has 2 aromatic rings. The minimum atomic E-state index is 0.0516. The van der Waals surface area contributed by atoms with E-state index in [2.05, 4.69) is 44.7 Å². The van der Waals surface area contributed by atoms with Crippen LogP contribution in [0.3, 0.4) is 0 Å². The lowest BCUT2D eigenvalue weighted by molar-refractivity contribution is -0.138. The summed E-state index contributed by atoms with van der Waals surface area (Å²) in [6.45, 7) is 1.71. The van der Waals surface area contributed by atoms with Crippen LogP contribution in [0.4, 0.5) is 0 Å². The summed E-state index contributed by atoms with van der Waals surface area (Å²) in [7, 11) is 1.76. The van der Waals surface area contributed by atoms with Crippen molar-refractivity contribution in [3.8, 4) is 5.69 Å². The molecule has 3 fully saturated rings. The van der Waals surface area contributed by atoms with E-state index in [-0.39, 0.29) is 18.1 Å².